The maximum Gasteiger partial charge on any atom is 0.329 e. The molecule has 0 aromatic rings. The van der Waals surface area contributed by atoms with Gasteiger partial charge < -0.3 is 16.2 Å². The van der Waals surface area contributed by atoms with Gasteiger partial charge in [0.25, 0.3) is 0 Å². The molecule has 0 bridgehead atoms. The van der Waals surface area contributed by atoms with E-state index in [1.54, 1.807) is 6.92 Å². The van der Waals surface area contributed by atoms with E-state index in [1.807, 2.05) is 0 Å². The van der Waals surface area contributed by atoms with Gasteiger partial charge in [-0.25, -0.2) is 4.79 Å². The van der Waals surface area contributed by atoms with Gasteiger partial charge in [0.1, 0.15) is 5.54 Å². The van der Waals surface area contributed by atoms with E-state index in [2.05, 4.69) is 26.1 Å². The molecule has 1 aliphatic rings. The van der Waals surface area contributed by atoms with E-state index in [1.165, 1.54) is 0 Å². The fourth-order valence-corrected chi connectivity index (χ4v) is 2.43. The molecule has 2 unspecified atom stereocenters. The largest absolute Gasteiger partial charge is 0.480 e. The van der Waals surface area contributed by atoms with Crippen molar-refractivity contribution in [3.63, 3.8) is 0 Å². The van der Waals surface area contributed by atoms with E-state index >= 15 is 0 Å². The van der Waals surface area contributed by atoms with Crippen molar-refractivity contribution in [2.45, 2.75) is 65.0 Å². The van der Waals surface area contributed by atoms with Gasteiger partial charge in [0.2, 0.25) is 5.91 Å². The SMILES string of the molecule is CC(C)(C)CC(N)CC(=O)NC(C)(C(=O)O)C1CC1. The summed E-state index contributed by atoms with van der Waals surface area (Å²) in [5, 5.41) is 11.9. The lowest BCUT2D eigenvalue weighted by atomic mass is 9.87. The van der Waals surface area contributed by atoms with Gasteiger partial charge in [-0.2, -0.15) is 0 Å². The zero-order chi connectivity index (χ0) is 14.8. The van der Waals surface area contributed by atoms with Crippen molar-refractivity contribution >= 4 is 11.9 Å². The minimum absolute atomic E-state index is 0.0489. The number of aliphatic carboxylic acids is 1. The summed E-state index contributed by atoms with van der Waals surface area (Å²) in [5.74, 6) is -1.19. The molecule has 110 valence electrons. The molecule has 1 aliphatic carbocycles. The number of nitrogens with one attached hydrogen (secondary N) is 1. The molecular weight excluding hydrogens is 244 g/mol. The lowest BCUT2D eigenvalue weighted by molar-refractivity contribution is -0.148. The molecule has 0 saturated heterocycles. The molecule has 19 heavy (non-hydrogen) atoms. The van der Waals surface area contributed by atoms with Crippen LogP contribution in [0.25, 0.3) is 0 Å². The number of hydrogen-bond donors (Lipinski definition) is 3. The first kappa shape index (κ1) is 16.0. The Bertz CT molecular complexity index is 358. The van der Waals surface area contributed by atoms with Crippen LogP contribution < -0.4 is 11.1 Å². The molecular formula is C14H26N2O3. The summed E-state index contributed by atoms with van der Waals surface area (Å²) in [6, 6.07) is -0.239. The lowest BCUT2D eigenvalue weighted by Gasteiger charge is -2.28. The number of rotatable bonds is 6. The third-order valence-electron chi connectivity index (χ3n) is 3.56. The topological polar surface area (TPSA) is 92.4 Å². The number of carbonyl (C=O) groups excluding carboxylic acids is 1. The summed E-state index contributed by atoms with van der Waals surface area (Å²) in [5.41, 5.74) is 4.86. The van der Waals surface area contributed by atoms with Gasteiger partial charge >= 0.3 is 5.97 Å². The van der Waals surface area contributed by atoms with Gasteiger partial charge in [0.15, 0.2) is 0 Å². The van der Waals surface area contributed by atoms with Crippen LogP contribution >= 0.6 is 0 Å². The fraction of sp³-hybridized carbons (Fsp3) is 0.857. The maximum atomic E-state index is 11.9. The Morgan fingerprint density at radius 2 is 1.84 bits per heavy atom. The van der Waals surface area contributed by atoms with Crippen molar-refractivity contribution in [2.24, 2.45) is 17.1 Å². The number of amides is 1. The summed E-state index contributed by atoms with van der Waals surface area (Å²) in [4.78, 5) is 23.2. The van der Waals surface area contributed by atoms with Crippen molar-refractivity contribution in [1.82, 2.24) is 5.32 Å². The quantitative estimate of drug-likeness (QED) is 0.682. The second kappa shape index (κ2) is 5.49. The second-order valence-electron chi connectivity index (χ2n) is 7.06. The molecule has 0 spiro atoms. The molecule has 1 saturated carbocycles. The first-order valence-electron chi connectivity index (χ1n) is 6.84. The summed E-state index contributed by atoms with van der Waals surface area (Å²) < 4.78 is 0. The molecule has 1 rings (SSSR count). The summed E-state index contributed by atoms with van der Waals surface area (Å²) in [6.45, 7) is 7.78. The molecule has 5 heteroatoms. The number of carboxylic acid groups (broad SMARTS) is 1. The third-order valence-corrected chi connectivity index (χ3v) is 3.56. The minimum atomic E-state index is -1.14. The molecule has 1 amide bonds. The molecule has 4 N–H and O–H groups in total. The Balaban J connectivity index is 2.52. The predicted octanol–water partition coefficient (Wildman–Crippen LogP) is 1.51. The highest BCUT2D eigenvalue weighted by Crippen LogP contribution is 2.39. The van der Waals surface area contributed by atoms with Crippen LogP contribution in [-0.4, -0.2) is 28.6 Å². The Morgan fingerprint density at radius 1 is 1.32 bits per heavy atom. The van der Waals surface area contributed by atoms with Crippen molar-refractivity contribution in [2.75, 3.05) is 0 Å². The number of carbonyl (C=O) groups is 2. The second-order valence-corrected chi connectivity index (χ2v) is 7.06. The van der Waals surface area contributed by atoms with Crippen molar-refractivity contribution in [3.05, 3.63) is 0 Å². The zero-order valence-corrected chi connectivity index (χ0v) is 12.3. The monoisotopic (exact) mass is 270 g/mol. The Labute approximate surface area is 114 Å². The first-order chi connectivity index (χ1) is 8.54. The van der Waals surface area contributed by atoms with E-state index < -0.39 is 11.5 Å². The Hall–Kier alpha value is -1.10. The highest BCUT2D eigenvalue weighted by Gasteiger charge is 2.48. The first-order valence-corrected chi connectivity index (χ1v) is 6.84. The minimum Gasteiger partial charge on any atom is -0.480 e. The van der Waals surface area contributed by atoms with Crippen molar-refractivity contribution < 1.29 is 14.7 Å². The van der Waals surface area contributed by atoms with Gasteiger partial charge in [-0.1, -0.05) is 20.8 Å². The van der Waals surface area contributed by atoms with Crippen molar-refractivity contribution in [1.29, 1.82) is 0 Å². The summed E-state index contributed by atoms with van der Waals surface area (Å²) in [6.07, 6.45) is 2.62. The van der Waals surface area contributed by atoms with E-state index in [-0.39, 0.29) is 29.7 Å². The third kappa shape index (κ3) is 4.82. The smallest absolute Gasteiger partial charge is 0.329 e. The van der Waals surface area contributed by atoms with Gasteiger partial charge in [-0.3, -0.25) is 4.79 Å². The van der Waals surface area contributed by atoms with Crippen LogP contribution in [0.3, 0.4) is 0 Å². The van der Waals surface area contributed by atoms with Crippen LogP contribution in [-0.2, 0) is 9.59 Å². The summed E-state index contributed by atoms with van der Waals surface area (Å²) >= 11 is 0. The van der Waals surface area contributed by atoms with Gasteiger partial charge in [-0.15, -0.1) is 0 Å². The van der Waals surface area contributed by atoms with Crippen LogP contribution in [0.4, 0.5) is 0 Å². The molecule has 0 aromatic carbocycles. The average Bonchev–Trinajstić information content (AvgIpc) is 2.95. The van der Waals surface area contributed by atoms with E-state index in [0.717, 1.165) is 19.3 Å². The molecule has 0 aromatic heterocycles. The van der Waals surface area contributed by atoms with E-state index in [9.17, 15) is 14.7 Å². The number of carboxylic acids is 1. The maximum absolute atomic E-state index is 11.9. The summed E-state index contributed by atoms with van der Waals surface area (Å²) in [7, 11) is 0. The standard InChI is InChI=1S/C14H26N2O3/c1-13(2,3)8-10(15)7-11(17)16-14(4,12(18)19)9-5-6-9/h9-10H,5-8,15H2,1-4H3,(H,16,17)(H,18,19). The number of nitrogens with two attached hydrogens (primary N) is 1. The van der Waals surface area contributed by atoms with Crippen LogP contribution in [0.1, 0.15) is 53.4 Å². The van der Waals surface area contributed by atoms with Crippen LogP contribution in [0, 0.1) is 11.3 Å². The highest BCUT2D eigenvalue weighted by atomic mass is 16.4. The number of hydrogen-bond acceptors (Lipinski definition) is 3. The highest BCUT2D eigenvalue weighted by molar-refractivity contribution is 5.87. The van der Waals surface area contributed by atoms with Gasteiger partial charge in [0.05, 0.1) is 0 Å². The van der Waals surface area contributed by atoms with Crippen LogP contribution in [0.5, 0.6) is 0 Å². The molecule has 1 fully saturated rings. The van der Waals surface area contributed by atoms with Crippen LogP contribution in [0.2, 0.25) is 0 Å². The molecule has 2 atom stereocenters. The molecule has 0 aliphatic heterocycles. The van der Waals surface area contributed by atoms with Gasteiger partial charge in [-0.05, 0) is 37.5 Å². The van der Waals surface area contributed by atoms with Crippen molar-refractivity contribution in [3.8, 4) is 0 Å². The molecule has 5 nitrogen and oxygen atoms in total. The van der Waals surface area contributed by atoms with E-state index in [0.29, 0.717) is 0 Å². The predicted molar refractivity (Wildman–Crippen MR) is 73.6 cm³/mol. The fourth-order valence-electron chi connectivity index (χ4n) is 2.43. The average molecular weight is 270 g/mol. The Morgan fingerprint density at radius 3 is 2.21 bits per heavy atom. The van der Waals surface area contributed by atoms with E-state index in [4.69, 9.17) is 5.73 Å². The van der Waals surface area contributed by atoms with Gasteiger partial charge in [0, 0.05) is 12.5 Å². The molecule has 0 radical (unpaired) electrons. The zero-order valence-electron chi connectivity index (χ0n) is 12.3. The van der Waals surface area contributed by atoms with Crippen LogP contribution in [0.15, 0.2) is 0 Å². The molecule has 0 heterocycles. The lowest BCUT2D eigenvalue weighted by Crippen LogP contribution is -2.54. The normalized spacial score (nSPS) is 20.5. The Kier molecular flexibility index (Phi) is 4.61.